The molecule has 1 amide bonds. The number of carbonyl (C=O) groups is 1. The predicted molar refractivity (Wildman–Crippen MR) is 63.3 cm³/mol. The molecule has 1 aliphatic carbocycles. The lowest BCUT2D eigenvalue weighted by molar-refractivity contribution is -0.141. The summed E-state index contributed by atoms with van der Waals surface area (Å²) in [6, 6.07) is 0. The molecule has 106 valence electrons. The van der Waals surface area contributed by atoms with E-state index in [4.69, 9.17) is 0 Å². The zero-order valence-corrected chi connectivity index (χ0v) is 11.4. The van der Waals surface area contributed by atoms with E-state index in [1.807, 2.05) is 0 Å². The topological polar surface area (TPSA) is 20.3 Å². The molecule has 0 spiro atoms. The smallest absolute Gasteiger partial charge is 0.255 e. The van der Waals surface area contributed by atoms with Gasteiger partial charge in [0.05, 0.1) is 6.54 Å². The molecule has 7 heteroatoms. The zero-order chi connectivity index (χ0) is 13.8. The van der Waals surface area contributed by atoms with Gasteiger partial charge in [-0.1, -0.05) is 15.9 Å². The Morgan fingerprint density at radius 2 is 1.89 bits per heavy atom. The summed E-state index contributed by atoms with van der Waals surface area (Å²) in [6.45, 7) is -0.451. The van der Waals surface area contributed by atoms with Gasteiger partial charge >= 0.3 is 0 Å². The van der Waals surface area contributed by atoms with E-state index in [-0.39, 0.29) is 32.2 Å². The lowest BCUT2D eigenvalue weighted by Gasteiger charge is -2.31. The van der Waals surface area contributed by atoms with Crippen LogP contribution in [0.25, 0.3) is 0 Å². The van der Waals surface area contributed by atoms with Crippen molar-refractivity contribution in [3.05, 3.63) is 0 Å². The van der Waals surface area contributed by atoms with E-state index in [1.165, 1.54) is 0 Å². The van der Waals surface area contributed by atoms with Crippen LogP contribution in [0, 0.1) is 5.92 Å². The van der Waals surface area contributed by atoms with E-state index in [2.05, 4.69) is 15.9 Å². The molecule has 0 saturated heterocycles. The van der Waals surface area contributed by atoms with Crippen molar-refractivity contribution in [1.82, 2.24) is 4.90 Å². The molecule has 1 aliphatic rings. The number of hydrogen-bond acceptors (Lipinski definition) is 1. The first-order chi connectivity index (χ1) is 8.35. The molecule has 0 aromatic rings. The average Bonchev–Trinajstić information content (AvgIpc) is 2.27. The fourth-order valence-electron chi connectivity index (χ4n) is 2.11. The van der Waals surface area contributed by atoms with E-state index in [1.54, 1.807) is 0 Å². The minimum Gasteiger partial charge on any atom is -0.336 e. The Bertz CT molecular complexity index is 278. The maximum Gasteiger partial charge on any atom is 0.255 e. The van der Waals surface area contributed by atoms with Crippen molar-refractivity contribution < 1.29 is 22.4 Å². The largest absolute Gasteiger partial charge is 0.336 e. The lowest BCUT2D eigenvalue weighted by atomic mass is 9.86. The highest BCUT2D eigenvalue weighted by atomic mass is 79.9. The van der Waals surface area contributed by atoms with Crippen LogP contribution in [-0.4, -0.2) is 41.6 Å². The number of nitrogens with zero attached hydrogens (tertiary/aromatic N) is 1. The van der Waals surface area contributed by atoms with Crippen molar-refractivity contribution in [3.8, 4) is 0 Å². The van der Waals surface area contributed by atoms with Crippen LogP contribution in [0.4, 0.5) is 17.6 Å². The summed E-state index contributed by atoms with van der Waals surface area (Å²) in [4.78, 5) is 13.0. The van der Waals surface area contributed by atoms with Crippen molar-refractivity contribution in [2.24, 2.45) is 5.92 Å². The number of carbonyl (C=O) groups excluding carboxylic acids is 1. The maximum absolute atomic E-state index is 12.9. The number of alkyl halides is 5. The summed E-state index contributed by atoms with van der Waals surface area (Å²) in [5, 5.41) is 0.397. The van der Waals surface area contributed by atoms with Crippen molar-refractivity contribution >= 4 is 21.8 Å². The fourth-order valence-corrected chi connectivity index (χ4v) is 2.53. The molecule has 0 aliphatic heterocycles. The maximum atomic E-state index is 12.9. The minimum absolute atomic E-state index is 0.0772. The standard InChI is InChI=1S/C11H16BrF4NO/c12-5-6-17(7-9(13)14)10(18)8-1-3-11(15,16)4-2-8/h8-9H,1-7H2. The summed E-state index contributed by atoms with van der Waals surface area (Å²) in [5.74, 6) is -3.67. The van der Waals surface area contributed by atoms with Gasteiger partial charge in [0.2, 0.25) is 11.8 Å². The summed E-state index contributed by atoms with van der Waals surface area (Å²) in [5.41, 5.74) is 0. The number of halogens is 5. The van der Waals surface area contributed by atoms with Gasteiger partial charge in [-0.3, -0.25) is 4.79 Å². The van der Waals surface area contributed by atoms with Crippen LogP contribution >= 0.6 is 15.9 Å². The monoisotopic (exact) mass is 333 g/mol. The first-order valence-corrected chi connectivity index (χ1v) is 6.98. The van der Waals surface area contributed by atoms with Gasteiger partial charge in [0.25, 0.3) is 6.43 Å². The van der Waals surface area contributed by atoms with Gasteiger partial charge in [0.15, 0.2) is 0 Å². The van der Waals surface area contributed by atoms with Crippen molar-refractivity contribution in [3.63, 3.8) is 0 Å². The van der Waals surface area contributed by atoms with Crippen molar-refractivity contribution in [2.45, 2.75) is 38.0 Å². The van der Waals surface area contributed by atoms with E-state index in [0.29, 0.717) is 5.33 Å². The number of rotatable bonds is 5. The molecule has 0 bridgehead atoms. The fraction of sp³-hybridized carbons (Fsp3) is 0.909. The van der Waals surface area contributed by atoms with Crippen LogP contribution in [0.15, 0.2) is 0 Å². The Labute approximate surface area is 112 Å². The molecule has 0 atom stereocenters. The first-order valence-electron chi connectivity index (χ1n) is 5.86. The Morgan fingerprint density at radius 1 is 1.33 bits per heavy atom. The Balaban J connectivity index is 2.55. The Kier molecular flexibility index (Phi) is 5.88. The first kappa shape index (κ1) is 15.7. The van der Waals surface area contributed by atoms with Crippen LogP contribution in [0.1, 0.15) is 25.7 Å². The molecule has 18 heavy (non-hydrogen) atoms. The van der Waals surface area contributed by atoms with E-state index in [0.717, 1.165) is 4.90 Å². The third kappa shape index (κ3) is 4.74. The molecular formula is C11H16BrF4NO. The molecule has 0 radical (unpaired) electrons. The molecule has 0 aromatic heterocycles. The van der Waals surface area contributed by atoms with Crippen LogP contribution < -0.4 is 0 Å². The highest BCUT2D eigenvalue weighted by Gasteiger charge is 2.38. The predicted octanol–water partition coefficient (Wildman–Crippen LogP) is 3.30. The summed E-state index contributed by atoms with van der Waals surface area (Å²) in [7, 11) is 0. The van der Waals surface area contributed by atoms with Crippen LogP contribution in [0.2, 0.25) is 0 Å². The van der Waals surface area contributed by atoms with Crippen LogP contribution in [0.3, 0.4) is 0 Å². The van der Waals surface area contributed by atoms with Crippen molar-refractivity contribution in [2.75, 3.05) is 18.4 Å². The van der Waals surface area contributed by atoms with E-state index < -0.39 is 30.7 Å². The molecule has 1 saturated carbocycles. The van der Waals surface area contributed by atoms with Crippen LogP contribution in [-0.2, 0) is 4.79 Å². The van der Waals surface area contributed by atoms with E-state index in [9.17, 15) is 22.4 Å². The molecule has 1 fully saturated rings. The zero-order valence-electron chi connectivity index (χ0n) is 9.85. The molecule has 0 heterocycles. The highest BCUT2D eigenvalue weighted by Crippen LogP contribution is 2.36. The third-order valence-corrected chi connectivity index (χ3v) is 3.45. The molecule has 2 nitrogen and oxygen atoms in total. The second kappa shape index (κ2) is 6.73. The van der Waals surface area contributed by atoms with E-state index >= 15 is 0 Å². The minimum atomic E-state index is -2.71. The average molecular weight is 334 g/mol. The van der Waals surface area contributed by atoms with Gasteiger partial charge in [-0.15, -0.1) is 0 Å². The molecule has 1 rings (SSSR count). The van der Waals surface area contributed by atoms with Gasteiger partial charge in [-0.25, -0.2) is 17.6 Å². The Hall–Kier alpha value is -0.330. The molecule has 0 N–H and O–H groups in total. The van der Waals surface area contributed by atoms with Gasteiger partial charge < -0.3 is 4.90 Å². The lowest BCUT2D eigenvalue weighted by Crippen LogP contribution is -2.42. The summed E-state index contributed by atoms with van der Waals surface area (Å²) in [6.07, 6.45) is -3.11. The summed E-state index contributed by atoms with van der Waals surface area (Å²) < 4.78 is 50.6. The number of amides is 1. The highest BCUT2D eigenvalue weighted by molar-refractivity contribution is 9.09. The third-order valence-electron chi connectivity index (χ3n) is 3.09. The second-order valence-electron chi connectivity index (χ2n) is 4.49. The van der Waals surface area contributed by atoms with Gasteiger partial charge in [0, 0.05) is 30.6 Å². The van der Waals surface area contributed by atoms with Gasteiger partial charge in [0.1, 0.15) is 0 Å². The van der Waals surface area contributed by atoms with Crippen LogP contribution in [0.5, 0.6) is 0 Å². The van der Waals surface area contributed by atoms with Gasteiger partial charge in [-0.2, -0.15) is 0 Å². The second-order valence-corrected chi connectivity index (χ2v) is 5.29. The normalized spacial score (nSPS) is 20.1. The molecule has 0 unspecified atom stereocenters. The summed E-state index contributed by atoms with van der Waals surface area (Å²) >= 11 is 3.09. The van der Waals surface area contributed by atoms with Crippen molar-refractivity contribution in [1.29, 1.82) is 0 Å². The Morgan fingerprint density at radius 3 is 2.33 bits per heavy atom. The molecule has 0 aromatic carbocycles. The SMILES string of the molecule is O=C(C1CCC(F)(F)CC1)N(CCBr)CC(F)F. The number of hydrogen-bond donors (Lipinski definition) is 0. The molecular weight excluding hydrogens is 318 g/mol. The van der Waals surface area contributed by atoms with Gasteiger partial charge in [-0.05, 0) is 12.8 Å². The quantitative estimate of drug-likeness (QED) is 0.558.